The number of hydrogen-bond acceptors (Lipinski definition) is 3. The molecule has 0 fully saturated rings. The van der Waals surface area contributed by atoms with E-state index in [4.69, 9.17) is 0 Å². The summed E-state index contributed by atoms with van der Waals surface area (Å²) in [5, 5.41) is 13.9. The lowest BCUT2D eigenvalue weighted by Gasteiger charge is -2.08. The highest BCUT2D eigenvalue weighted by molar-refractivity contribution is 9.10. The maximum Gasteiger partial charge on any atom is 0.115 e. The van der Waals surface area contributed by atoms with Crippen LogP contribution in [0, 0.1) is 0 Å². The van der Waals surface area contributed by atoms with E-state index in [1.54, 1.807) is 12.1 Å². The number of phenolic OH excluding ortho intramolecular Hbond substituents is 1. The van der Waals surface area contributed by atoms with Crippen LogP contribution in [0.25, 0.3) is 5.69 Å². The Morgan fingerprint density at radius 2 is 1.94 bits per heavy atom. The normalized spacial score (nSPS) is 15.2. The molecule has 17 heavy (non-hydrogen) atoms. The Morgan fingerprint density at radius 1 is 1.24 bits per heavy atom. The predicted octanol–water partition coefficient (Wildman–Crippen LogP) is 2.29. The maximum atomic E-state index is 9.28. The van der Waals surface area contributed by atoms with Crippen LogP contribution in [0.15, 0.2) is 28.9 Å². The molecule has 0 unspecified atom stereocenters. The number of aromatic hydroxyl groups is 1. The molecule has 1 aromatic carbocycles. The van der Waals surface area contributed by atoms with Crippen LogP contribution in [-0.4, -0.2) is 26.8 Å². The van der Waals surface area contributed by atoms with Crippen LogP contribution < -0.4 is 0 Å². The Labute approximate surface area is 108 Å². The first kappa shape index (κ1) is 10.8. The standard InChI is InChI=1S/C12H12BrN3O/c1-15-6-10-11(7-15)14-16(12(10)13)8-2-4-9(17)5-3-8/h2-5,17H,6-7H2,1H3. The summed E-state index contributed by atoms with van der Waals surface area (Å²) >= 11 is 3.60. The topological polar surface area (TPSA) is 41.3 Å². The highest BCUT2D eigenvalue weighted by Crippen LogP contribution is 2.30. The van der Waals surface area contributed by atoms with Crippen molar-refractivity contribution >= 4 is 15.9 Å². The zero-order chi connectivity index (χ0) is 12.0. The van der Waals surface area contributed by atoms with E-state index in [1.165, 1.54) is 5.56 Å². The van der Waals surface area contributed by atoms with Crippen LogP contribution in [0.4, 0.5) is 0 Å². The van der Waals surface area contributed by atoms with Gasteiger partial charge in [-0.15, -0.1) is 0 Å². The van der Waals surface area contributed by atoms with Gasteiger partial charge in [-0.25, -0.2) is 4.68 Å². The van der Waals surface area contributed by atoms with E-state index >= 15 is 0 Å². The Kier molecular flexibility index (Phi) is 2.45. The van der Waals surface area contributed by atoms with Crippen LogP contribution in [0.2, 0.25) is 0 Å². The van der Waals surface area contributed by atoms with Gasteiger partial charge in [0.15, 0.2) is 0 Å². The molecule has 1 aliphatic heterocycles. The molecular weight excluding hydrogens is 282 g/mol. The van der Waals surface area contributed by atoms with E-state index in [0.717, 1.165) is 29.1 Å². The average Bonchev–Trinajstić information content (AvgIpc) is 2.79. The number of phenols is 1. The molecule has 2 aromatic rings. The van der Waals surface area contributed by atoms with Gasteiger partial charge in [-0.1, -0.05) is 0 Å². The Bertz CT molecular complexity index is 562. The van der Waals surface area contributed by atoms with Crippen molar-refractivity contribution in [3.8, 4) is 11.4 Å². The van der Waals surface area contributed by atoms with E-state index in [9.17, 15) is 5.11 Å². The summed E-state index contributed by atoms with van der Waals surface area (Å²) in [4.78, 5) is 2.23. The lowest BCUT2D eigenvalue weighted by atomic mass is 10.3. The monoisotopic (exact) mass is 293 g/mol. The van der Waals surface area contributed by atoms with Gasteiger partial charge in [-0.2, -0.15) is 5.10 Å². The van der Waals surface area contributed by atoms with E-state index in [1.807, 2.05) is 16.8 Å². The molecular formula is C12H12BrN3O. The number of hydrogen-bond donors (Lipinski definition) is 1. The second-order valence-electron chi connectivity index (χ2n) is 4.32. The number of aromatic nitrogens is 2. The van der Waals surface area contributed by atoms with Gasteiger partial charge in [0.1, 0.15) is 10.4 Å². The number of rotatable bonds is 1. The fourth-order valence-corrected chi connectivity index (χ4v) is 2.74. The highest BCUT2D eigenvalue weighted by atomic mass is 79.9. The predicted molar refractivity (Wildman–Crippen MR) is 68.1 cm³/mol. The maximum absolute atomic E-state index is 9.28. The molecule has 0 saturated carbocycles. The summed E-state index contributed by atoms with van der Waals surface area (Å²) in [6.07, 6.45) is 0. The van der Waals surface area contributed by atoms with E-state index in [2.05, 4.69) is 33.0 Å². The Balaban J connectivity index is 2.06. The van der Waals surface area contributed by atoms with Crippen LogP contribution >= 0.6 is 15.9 Å². The molecule has 0 amide bonds. The number of fused-ring (bicyclic) bond motifs is 1. The van der Waals surface area contributed by atoms with Crippen LogP contribution in [0.1, 0.15) is 11.3 Å². The molecule has 5 heteroatoms. The summed E-state index contributed by atoms with van der Waals surface area (Å²) in [5.74, 6) is 0.268. The first-order chi connectivity index (χ1) is 8.15. The first-order valence-electron chi connectivity index (χ1n) is 5.39. The van der Waals surface area contributed by atoms with Gasteiger partial charge in [-0.05, 0) is 47.2 Å². The smallest absolute Gasteiger partial charge is 0.115 e. The summed E-state index contributed by atoms with van der Waals surface area (Å²) < 4.78 is 2.87. The molecule has 0 saturated heterocycles. The van der Waals surface area contributed by atoms with Crippen LogP contribution in [0.3, 0.4) is 0 Å². The largest absolute Gasteiger partial charge is 0.508 e. The van der Waals surface area contributed by atoms with Crippen molar-refractivity contribution < 1.29 is 5.11 Å². The van der Waals surface area contributed by atoms with Crippen molar-refractivity contribution in [1.82, 2.24) is 14.7 Å². The van der Waals surface area contributed by atoms with Gasteiger partial charge in [-0.3, -0.25) is 4.90 Å². The molecule has 0 radical (unpaired) electrons. The third kappa shape index (κ3) is 1.75. The van der Waals surface area contributed by atoms with E-state index in [0.29, 0.717) is 0 Å². The third-order valence-corrected chi connectivity index (χ3v) is 3.76. The number of nitrogens with zero attached hydrogens (tertiary/aromatic N) is 3. The molecule has 3 rings (SSSR count). The van der Waals surface area contributed by atoms with Crippen molar-refractivity contribution in [2.75, 3.05) is 7.05 Å². The minimum atomic E-state index is 0.268. The van der Waals surface area contributed by atoms with Gasteiger partial charge in [0, 0.05) is 18.7 Å². The van der Waals surface area contributed by atoms with Crippen molar-refractivity contribution in [2.45, 2.75) is 13.1 Å². The van der Waals surface area contributed by atoms with E-state index < -0.39 is 0 Å². The fraction of sp³-hybridized carbons (Fsp3) is 0.250. The molecule has 1 aliphatic rings. The lowest BCUT2D eigenvalue weighted by Crippen LogP contribution is -2.10. The third-order valence-electron chi connectivity index (χ3n) is 2.95. The number of halogens is 1. The summed E-state index contributed by atoms with van der Waals surface area (Å²) in [5.41, 5.74) is 3.32. The van der Waals surface area contributed by atoms with Gasteiger partial charge in [0.05, 0.1) is 11.4 Å². The van der Waals surface area contributed by atoms with Crippen molar-refractivity contribution in [2.24, 2.45) is 0 Å². The highest BCUT2D eigenvalue weighted by Gasteiger charge is 2.24. The Morgan fingerprint density at radius 3 is 2.59 bits per heavy atom. The molecule has 0 bridgehead atoms. The minimum Gasteiger partial charge on any atom is -0.508 e. The van der Waals surface area contributed by atoms with Crippen LogP contribution in [0.5, 0.6) is 5.75 Å². The zero-order valence-electron chi connectivity index (χ0n) is 9.39. The first-order valence-corrected chi connectivity index (χ1v) is 6.18. The Hall–Kier alpha value is -1.33. The molecule has 88 valence electrons. The molecule has 2 heterocycles. The summed E-state index contributed by atoms with van der Waals surface area (Å²) in [6.45, 7) is 1.81. The van der Waals surface area contributed by atoms with Gasteiger partial charge in [0.2, 0.25) is 0 Å². The SMILES string of the molecule is CN1Cc2nn(-c3ccc(O)cc3)c(Br)c2C1. The lowest BCUT2D eigenvalue weighted by molar-refractivity contribution is 0.346. The molecule has 4 nitrogen and oxygen atoms in total. The molecule has 0 atom stereocenters. The fourth-order valence-electron chi connectivity index (χ4n) is 2.10. The van der Waals surface area contributed by atoms with Crippen molar-refractivity contribution in [3.63, 3.8) is 0 Å². The van der Waals surface area contributed by atoms with Gasteiger partial charge >= 0.3 is 0 Å². The van der Waals surface area contributed by atoms with Crippen molar-refractivity contribution in [1.29, 1.82) is 0 Å². The quantitative estimate of drug-likeness (QED) is 0.877. The molecule has 1 N–H and O–H groups in total. The van der Waals surface area contributed by atoms with Gasteiger partial charge < -0.3 is 5.11 Å². The molecule has 0 spiro atoms. The number of benzene rings is 1. The minimum absolute atomic E-state index is 0.268. The summed E-state index contributed by atoms with van der Waals surface area (Å²) in [6, 6.07) is 7.04. The second kappa shape index (κ2) is 3.85. The zero-order valence-corrected chi connectivity index (χ0v) is 11.0. The molecule has 0 aliphatic carbocycles. The average molecular weight is 294 g/mol. The molecule has 1 aromatic heterocycles. The van der Waals surface area contributed by atoms with E-state index in [-0.39, 0.29) is 5.75 Å². The second-order valence-corrected chi connectivity index (χ2v) is 5.07. The van der Waals surface area contributed by atoms with Crippen LogP contribution in [-0.2, 0) is 13.1 Å². The van der Waals surface area contributed by atoms with Crippen molar-refractivity contribution in [3.05, 3.63) is 40.1 Å². The summed E-state index contributed by atoms with van der Waals surface area (Å²) in [7, 11) is 2.08. The van der Waals surface area contributed by atoms with Gasteiger partial charge in [0.25, 0.3) is 0 Å².